The highest BCUT2D eigenvalue weighted by atomic mass is 15.1. The Hall–Kier alpha value is -6.18. The van der Waals surface area contributed by atoms with Gasteiger partial charge in [-0.05, 0) is 86.1 Å². The molecule has 8 aromatic carbocycles. The van der Waals surface area contributed by atoms with Crippen LogP contribution in [0.4, 0.5) is 17.1 Å². The van der Waals surface area contributed by atoms with Crippen molar-refractivity contribution in [2.45, 2.75) is 0 Å². The van der Waals surface area contributed by atoms with Crippen LogP contribution in [-0.4, -0.2) is 0 Å². The fraction of sp³-hybridized carbons (Fsp3) is 0. The number of hydrogen-bond donors (Lipinski definition) is 0. The Bertz CT molecular complexity index is 2260. The molecule has 0 saturated carbocycles. The van der Waals surface area contributed by atoms with Crippen molar-refractivity contribution < 1.29 is 0 Å². The summed E-state index contributed by atoms with van der Waals surface area (Å²) in [7, 11) is 0. The molecule has 0 bridgehead atoms. The smallest absolute Gasteiger partial charge is 0.0540 e. The summed E-state index contributed by atoms with van der Waals surface area (Å²) in [6.45, 7) is 0. The van der Waals surface area contributed by atoms with E-state index in [2.05, 4.69) is 205 Å². The standard InChI is InChI=1S/C46H33N/c1-5-15-34(16-6-1)39-28-32-45(44(33-39)35-17-7-2-8-18-35)47(40-22-11-4-12-23-40)41-29-25-37(26-30-41)43-31-27-36-19-13-14-24-42(36)46(43)38-20-9-3-10-21-38/h1-33H. The summed E-state index contributed by atoms with van der Waals surface area (Å²) in [6.07, 6.45) is 0. The summed E-state index contributed by atoms with van der Waals surface area (Å²) >= 11 is 0. The molecule has 1 nitrogen and oxygen atoms in total. The van der Waals surface area contributed by atoms with Crippen molar-refractivity contribution in [2.24, 2.45) is 0 Å². The van der Waals surface area contributed by atoms with Crippen LogP contribution in [0.5, 0.6) is 0 Å². The Balaban J connectivity index is 1.28. The molecule has 0 aromatic heterocycles. The molecule has 1 heteroatoms. The first-order valence-corrected chi connectivity index (χ1v) is 16.1. The number of nitrogens with zero attached hydrogens (tertiary/aromatic N) is 1. The van der Waals surface area contributed by atoms with Crippen molar-refractivity contribution in [2.75, 3.05) is 4.90 Å². The van der Waals surface area contributed by atoms with E-state index in [9.17, 15) is 0 Å². The zero-order chi connectivity index (χ0) is 31.4. The van der Waals surface area contributed by atoms with E-state index >= 15 is 0 Å². The summed E-state index contributed by atoms with van der Waals surface area (Å²) in [5.41, 5.74) is 13.0. The third-order valence-electron chi connectivity index (χ3n) is 8.87. The Morgan fingerprint density at radius 3 is 1.49 bits per heavy atom. The van der Waals surface area contributed by atoms with E-state index in [0.717, 1.165) is 17.1 Å². The lowest BCUT2D eigenvalue weighted by Crippen LogP contribution is -2.11. The molecule has 0 radical (unpaired) electrons. The lowest BCUT2D eigenvalue weighted by atomic mass is 9.89. The second kappa shape index (κ2) is 12.7. The van der Waals surface area contributed by atoms with Crippen molar-refractivity contribution in [1.82, 2.24) is 0 Å². The maximum Gasteiger partial charge on any atom is 0.0540 e. The van der Waals surface area contributed by atoms with Gasteiger partial charge in [-0.1, -0.05) is 164 Å². The number of benzene rings is 8. The molecule has 0 aliphatic rings. The zero-order valence-electron chi connectivity index (χ0n) is 26.0. The predicted octanol–water partition coefficient (Wildman–Crippen LogP) is 13.0. The van der Waals surface area contributed by atoms with Gasteiger partial charge in [0.05, 0.1) is 5.69 Å². The highest BCUT2D eigenvalue weighted by Crippen LogP contribution is 2.44. The Morgan fingerprint density at radius 1 is 0.298 bits per heavy atom. The van der Waals surface area contributed by atoms with E-state index in [1.54, 1.807) is 0 Å². The van der Waals surface area contributed by atoms with Crippen LogP contribution < -0.4 is 4.90 Å². The van der Waals surface area contributed by atoms with Gasteiger partial charge in [0.2, 0.25) is 0 Å². The number of anilines is 3. The van der Waals surface area contributed by atoms with Gasteiger partial charge in [-0.2, -0.15) is 0 Å². The molecule has 8 rings (SSSR count). The van der Waals surface area contributed by atoms with Crippen molar-refractivity contribution in [3.63, 3.8) is 0 Å². The molecule has 8 aromatic rings. The van der Waals surface area contributed by atoms with Gasteiger partial charge in [0, 0.05) is 16.9 Å². The first-order chi connectivity index (χ1) is 23.3. The minimum Gasteiger partial charge on any atom is -0.310 e. The number of rotatable bonds is 7. The van der Waals surface area contributed by atoms with Crippen LogP contribution in [0, 0.1) is 0 Å². The molecule has 0 amide bonds. The normalized spacial score (nSPS) is 11.0. The maximum atomic E-state index is 2.37. The Labute approximate surface area is 276 Å². The summed E-state index contributed by atoms with van der Waals surface area (Å²) in [6, 6.07) is 71.8. The van der Waals surface area contributed by atoms with Gasteiger partial charge in [-0.25, -0.2) is 0 Å². The lowest BCUT2D eigenvalue weighted by Gasteiger charge is -2.28. The summed E-state index contributed by atoms with van der Waals surface area (Å²) in [4.78, 5) is 2.37. The molecule has 222 valence electrons. The van der Waals surface area contributed by atoms with Crippen LogP contribution in [0.15, 0.2) is 200 Å². The second-order valence-corrected chi connectivity index (χ2v) is 11.8. The molecule has 0 saturated heterocycles. The van der Waals surface area contributed by atoms with E-state index in [1.807, 2.05) is 0 Å². The van der Waals surface area contributed by atoms with Crippen LogP contribution in [0.25, 0.3) is 55.3 Å². The summed E-state index contributed by atoms with van der Waals surface area (Å²) < 4.78 is 0. The fourth-order valence-electron chi connectivity index (χ4n) is 6.61. The molecule has 0 aliphatic heterocycles. The molecule has 0 N–H and O–H groups in total. The van der Waals surface area contributed by atoms with E-state index < -0.39 is 0 Å². The molecule has 0 atom stereocenters. The van der Waals surface area contributed by atoms with Crippen LogP contribution in [-0.2, 0) is 0 Å². The molecule has 0 aliphatic carbocycles. The van der Waals surface area contributed by atoms with E-state index in [-0.39, 0.29) is 0 Å². The Kier molecular flexibility index (Phi) is 7.63. The van der Waals surface area contributed by atoms with Crippen molar-refractivity contribution in [3.8, 4) is 44.5 Å². The van der Waals surface area contributed by atoms with Crippen LogP contribution in [0.1, 0.15) is 0 Å². The number of fused-ring (bicyclic) bond motifs is 1. The molecule has 0 heterocycles. The lowest BCUT2D eigenvalue weighted by molar-refractivity contribution is 1.28. The summed E-state index contributed by atoms with van der Waals surface area (Å²) in [5, 5.41) is 2.51. The van der Waals surface area contributed by atoms with Crippen molar-refractivity contribution in [3.05, 3.63) is 200 Å². The molecule has 47 heavy (non-hydrogen) atoms. The molecule has 0 spiro atoms. The SMILES string of the molecule is c1ccc(-c2ccc(N(c3ccccc3)c3ccc(-c4ccc5ccccc5c4-c4ccccc4)cc3)c(-c3ccccc3)c2)cc1. The average molecular weight is 600 g/mol. The van der Waals surface area contributed by atoms with Crippen molar-refractivity contribution in [1.29, 1.82) is 0 Å². The minimum absolute atomic E-state index is 1.10. The first kappa shape index (κ1) is 28.3. The van der Waals surface area contributed by atoms with Crippen LogP contribution in [0.2, 0.25) is 0 Å². The molecule has 0 fully saturated rings. The molecular formula is C46H33N. The van der Waals surface area contributed by atoms with E-state index in [1.165, 1.54) is 55.3 Å². The highest BCUT2D eigenvalue weighted by molar-refractivity contribution is 6.04. The minimum atomic E-state index is 1.10. The van der Waals surface area contributed by atoms with Crippen LogP contribution >= 0.6 is 0 Å². The van der Waals surface area contributed by atoms with Gasteiger partial charge in [0.1, 0.15) is 0 Å². The average Bonchev–Trinajstić information content (AvgIpc) is 3.16. The van der Waals surface area contributed by atoms with Crippen molar-refractivity contribution >= 4 is 27.8 Å². The van der Waals surface area contributed by atoms with Gasteiger partial charge in [-0.15, -0.1) is 0 Å². The first-order valence-electron chi connectivity index (χ1n) is 16.1. The van der Waals surface area contributed by atoms with Gasteiger partial charge in [0.25, 0.3) is 0 Å². The fourth-order valence-corrected chi connectivity index (χ4v) is 6.61. The Morgan fingerprint density at radius 2 is 0.809 bits per heavy atom. The zero-order valence-corrected chi connectivity index (χ0v) is 26.0. The van der Waals surface area contributed by atoms with Gasteiger partial charge in [-0.3, -0.25) is 0 Å². The maximum absolute atomic E-state index is 2.37. The molecular weight excluding hydrogens is 567 g/mol. The number of hydrogen-bond acceptors (Lipinski definition) is 1. The predicted molar refractivity (Wildman–Crippen MR) is 200 cm³/mol. The van der Waals surface area contributed by atoms with Crippen LogP contribution in [0.3, 0.4) is 0 Å². The monoisotopic (exact) mass is 599 g/mol. The largest absolute Gasteiger partial charge is 0.310 e. The van der Waals surface area contributed by atoms with E-state index in [4.69, 9.17) is 0 Å². The van der Waals surface area contributed by atoms with Gasteiger partial charge in [0.15, 0.2) is 0 Å². The highest BCUT2D eigenvalue weighted by Gasteiger charge is 2.19. The van der Waals surface area contributed by atoms with Gasteiger partial charge >= 0.3 is 0 Å². The third kappa shape index (κ3) is 5.60. The molecule has 0 unspecified atom stereocenters. The summed E-state index contributed by atoms with van der Waals surface area (Å²) in [5.74, 6) is 0. The van der Waals surface area contributed by atoms with E-state index in [0.29, 0.717) is 0 Å². The van der Waals surface area contributed by atoms with Gasteiger partial charge < -0.3 is 4.90 Å². The second-order valence-electron chi connectivity index (χ2n) is 11.8. The third-order valence-corrected chi connectivity index (χ3v) is 8.87. The quantitative estimate of drug-likeness (QED) is 0.176. The number of para-hydroxylation sites is 1. The topological polar surface area (TPSA) is 3.24 Å².